The number of carbonyl (C=O) groups excluding carboxylic acids is 1. The Morgan fingerprint density at radius 1 is 1.00 bits per heavy atom. The number of nitrogens with one attached hydrogen (secondary N) is 1. The van der Waals surface area contributed by atoms with Crippen LogP contribution in [0.4, 0.5) is 0 Å². The van der Waals surface area contributed by atoms with Crippen LogP contribution >= 0.6 is 38.5 Å². The molecular weight excluding hydrogens is 417 g/mol. The van der Waals surface area contributed by atoms with Crippen LogP contribution in [0.5, 0.6) is 0 Å². The van der Waals surface area contributed by atoms with E-state index in [9.17, 15) is 4.79 Å². The van der Waals surface area contributed by atoms with Crippen molar-refractivity contribution in [3.05, 3.63) is 69.7 Å². The van der Waals surface area contributed by atoms with Gasteiger partial charge in [-0.05, 0) is 34.7 Å². The van der Waals surface area contributed by atoms with Crippen molar-refractivity contribution < 1.29 is 4.79 Å². The largest absolute Gasteiger partial charge is 0.320 e. The maximum absolute atomic E-state index is 11.9. The van der Waals surface area contributed by atoms with Crippen molar-refractivity contribution in [1.29, 1.82) is 0 Å². The van der Waals surface area contributed by atoms with Crippen LogP contribution in [0.15, 0.2) is 53.0 Å². The lowest BCUT2D eigenvalue weighted by Crippen LogP contribution is -2.12. The Morgan fingerprint density at radius 2 is 1.63 bits per heavy atom. The molecule has 94 valence electrons. The van der Waals surface area contributed by atoms with Gasteiger partial charge in [-0.1, -0.05) is 52.3 Å². The minimum absolute atomic E-state index is 0.0354. The van der Waals surface area contributed by atoms with E-state index in [-0.39, 0.29) is 5.91 Å². The molecule has 0 fully saturated rings. The van der Waals surface area contributed by atoms with Crippen molar-refractivity contribution in [2.75, 3.05) is 0 Å². The Hall–Kier alpha value is -1.14. The van der Waals surface area contributed by atoms with Crippen molar-refractivity contribution in [2.24, 2.45) is 0 Å². The van der Waals surface area contributed by atoms with Crippen LogP contribution in [-0.4, -0.2) is 5.91 Å². The molecule has 0 radical (unpaired) electrons. The van der Waals surface area contributed by atoms with E-state index in [2.05, 4.69) is 43.8 Å². The van der Waals surface area contributed by atoms with Crippen LogP contribution in [0.1, 0.15) is 21.5 Å². The summed E-state index contributed by atoms with van der Waals surface area (Å²) >= 11 is 5.82. The summed E-state index contributed by atoms with van der Waals surface area (Å²) in [7, 11) is 0. The average Bonchev–Trinajstić information content (AvgIpc) is 2.77. The monoisotopic (exact) mass is 425 g/mol. The van der Waals surface area contributed by atoms with E-state index in [1.807, 2.05) is 48.5 Å². The summed E-state index contributed by atoms with van der Waals surface area (Å²) in [5.41, 5.74) is 3.66. The summed E-state index contributed by atoms with van der Waals surface area (Å²) in [5, 5.41) is 2.96. The van der Waals surface area contributed by atoms with E-state index < -0.39 is 0 Å². The summed E-state index contributed by atoms with van der Waals surface area (Å²) < 4.78 is 2.05. The van der Waals surface area contributed by atoms with E-state index in [0.717, 1.165) is 30.4 Å². The topological polar surface area (TPSA) is 29.1 Å². The van der Waals surface area contributed by atoms with Crippen LogP contribution in [0.2, 0.25) is 0 Å². The molecule has 0 aliphatic carbocycles. The van der Waals surface area contributed by atoms with Crippen molar-refractivity contribution in [2.45, 2.75) is 0 Å². The van der Waals surface area contributed by atoms with Crippen molar-refractivity contribution in [1.82, 2.24) is 5.32 Å². The highest BCUT2D eigenvalue weighted by molar-refractivity contribution is 14.1. The second-order valence-corrected chi connectivity index (χ2v) is 6.10. The van der Waals surface area contributed by atoms with Crippen molar-refractivity contribution in [3.8, 4) is 0 Å². The Labute approximate surface area is 133 Å². The third-order valence-corrected chi connectivity index (χ3v) is 4.82. The Kier molecular flexibility index (Phi) is 3.45. The molecule has 0 atom stereocenters. The molecule has 2 aromatic rings. The number of carbonyl (C=O) groups is 1. The van der Waals surface area contributed by atoms with Gasteiger partial charge >= 0.3 is 0 Å². The molecule has 1 N–H and O–H groups in total. The lowest BCUT2D eigenvalue weighted by atomic mass is 10.1. The fraction of sp³-hybridized carbons (Fsp3) is 0. The van der Waals surface area contributed by atoms with Gasteiger partial charge in [-0.3, -0.25) is 4.79 Å². The molecule has 1 aliphatic rings. The molecule has 0 saturated carbocycles. The third kappa shape index (κ3) is 2.23. The zero-order chi connectivity index (χ0) is 13.4. The van der Waals surface area contributed by atoms with Gasteiger partial charge in [-0.2, -0.15) is 0 Å². The molecule has 1 aliphatic heterocycles. The van der Waals surface area contributed by atoms with E-state index in [0.29, 0.717) is 0 Å². The average molecular weight is 426 g/mol. The SMILES string of the molecule is O=C1N/C(=C(\I)c2ccccc2Br)c2ccccc21. The summed E-state index contributed by atoms with van der Waals surface area (Å²) in [6.07, 6.45) is 0. The molecule has 0 unspecified atom stereocenters. The highest BCUT2D eigenvalue weighted by atomic mass is 127. The number of hydrogen-bond acceptors (Lipinski definition) is 1. The number of rotatable bonds is 1. The summed E-state index contributed by atoms with van der Waals surface area (Å²) in [5.74, 6) is -0.0354. The van der Waals surface area contributed by atoms with E-state index in [1.165, 1.54) is 0 Å². The van der Waals surface area contributed by atoms with E-state index >= 15 is 0 Å². The first-order valence-electron chi connectivity index (χ1n) is 5.74. The van der Waals surface area contributed by atoms with Gasteiger partial charge in [0.25, 0.3) is 5.91 Å². The minimum atomic E-state index is -0.0354. The second kappa shape index (κ2) is 5.09. The molecule has 2 aromatic carbocycles. The van der Waals surface area contributed by atoms with Gasteiger partial charge < -0.3 is 5.32 Å². The van der Waals surface area contributed by atoms with Crippen LogP contribution in [0.3, 0.4) is 0 Å². The predicted octanol–water partition coefficient (Wildman–Crippen LogP) is 4.45. The van der Waals surface area contributed by atoms with Gasteiger partial charge in [0.1, 0.15) is 0 Å². The van der Waals surface area contributed by atoms with Crippen LogP contribution in [0.25, 0.3) is 9.28 Å². The summed E-state index contributed by atoms with van der Waals surface area (Å²) in [4.78, 5) is 11.9. The zero-order valence-electron chi connectivity index (χ0n) is 9.78. The normalized spacial score (nSPS) is 16.0. The summed E-state index contributed by atoms with van der Waals surface area (Å²) in [6, 6.07) is 15.6. The number of halogens is 2. The Balaban J connectivity index is 2.20. The lowest BCUT2D eigenvalue weighted by molar-refractivity contribution is 0.0981. The highest BCUT2D eigenvalue weighted by Gasteiger charge is 2.25. The lowest BCUT2D eigenvalue weighted by Gasteiger charge is -2.08. The molecule has 0 saturated heterocycles. The molecular formula is C15H9BrINO. The molecule has 1 heterocycles. The standard InChI is InChI=1S/C15H9BrINO/c16-12-8-4-3-7-11(12)13(17)14-9-5-1-2-6-10(9)15(19)18-14/h1-8H,(H,18,19)/b14-13-. The number of benzene rings is 2. The van der Waals surface area contributed by atoms with Gasteiger partial charge in [0.15, 0.2) is 0 Å². The van der Waals surface area contributed by atoms with Crippen LogP contribution in [0, 0.1) is 0 Å². The Morgan fingerprint density at radius 3 is 2.37 bits per heavy atom. The zero-order valence-corrected chi connectivity index (χ0v) is 13.5. The molecule has 1 amide bonds. The molecule has 0 bridgehead atoms. The third-order valence-electron chi connectivity index (χ3n) is 3.01. The highest BCUT2D eigenvalue weighted by Crippen LogP contribution is 2.37. The summed E-state index contributed by atoms with van der Waals surface area (Å²) in [6.45, 7) is 0. The quantitative estimate of drug-likeness (QED) is 0.672. The minimum Gasteiger partial charge on any atom is -0.320 e. The number of hydrogen-bond donors (Lipinski definition) is 1. The maximum atomic E-state index is 11.9. The molecule has 0 aromatic heterocycles. The molecule has 4 heteroatoms. The first-order valence-corrected chi connectivity index (χ1v) is 7.61. The molecule has 3 rings (SSSR count). The first-order chi connectivity index (χ1) is 9.18. The number of amides is 1. The molecule has 19 heavy (non-hydrogen) atoms. The first kappa shape index (κ1) is 12.9. The Bertz CT molecular complexity index is 709. The van der Waals surface area contributed by atoms with E-state index in [4.69, 9.17) is 0 Å². The van der Waals surface area contributed by atoms with Gasteiger partial charge in [-0.25, -0.2) is 0 Å². The molecule has 2 nitrogen and oxygen atoms in total. The van der Waals surface area contributed by atoms with Crippen LogP contribution in [-0.2, 0) is 0 Å². The van der Waals surface area contributed by atoms with Crippen molar-refractivity contribution >= 4 is 53.7 Å². The smallest absolute Gasteiger partial charge is 0.256 e. The fourth-order valence-corrected chi connectivity index (χ4v) is 3.84. The van der Waals surface area contributed by atoms with Crippen LogP contribution < -0.4 is 5.32 Å². The fourth-order valence-electron chi connectivity index (χ4n) is 2.09. The number of fused-ring (bicyclic) bond motifs is 1. The van der Waals surface area contributed by atoms with Gasteiger partial charge in [-0.15, -0.1) is 0 Å². The van der Waals surface area contributed by atoms with Gasteiger partial charge in [0.2, 0.25) is 0 Å². The predicted molar refractivity (Wildman–Crippen MR) is 88.9 cm³/mol. The maximum Gasteiger partial charge on any atom is 0.256 e. The van der Waals surface area contributed by atoms with Gasteiger partial charge in [0.05, 0.1) is 5.70 Å². The van der Waals surface area contributed by atoms with E-state index in [1.54, 1.807) is 0 Å². The molecule has 0 spiro atoms. The van der Waals surface area contributed by atoms with Gasteiger partial charge in [0, 0.05) is 24.7 Å². The second-order valence-electron chi connectivity index (χ2n) is 4.17. The van der Waals surface area contributed by atoms with Crippen molar-refractivity contribution in [3.63, 3.8) is 0 Å².